The van der Waals surface area contributed by atoms with Crippen LogP contribution in [-0.4, -0.2) is 19.3 Å². The van der Waals surface area contributed by atoms with Crippen LogP contribution in [0.4, 0.5) is 18.9 Å². The summed E-state index contributed by atoms with van der Waals surface area (Å²) in [5.74, 6) is 0.799. The minimum atomic E-state index is -4.53. The van der Waals surface area contributed by atoms with Crippen molar-refractivity contribution in [1.29, 1.82) is 0 Å². The number of amidine groups is 1. The lowest BCUT2D eigenvalue weighted by atomic mass is 9.89. The fourth-order valence-electron chi connectivity index (χ4n) is 2.85. The van der Waals surface area contributed by atoms with E-state index in [1.807, 2.05) is 13.0 Å². The summed E-state index contributed by atoms with van der Waals surface area (Å²) in [7, 11) is -4.04. The second kappa shape index (κ2) is 7.32. The van der Waals surface area contributed by atoms with E-state index >= 15 is 0 Å². The van der Waals surface area contributed by atoms with Crippen molar-refractivity contribution in [3.05, 3.63) is 59.7 Å². The molecule has 2 aromatic rings. The molecule has 0 saturated carbocycles. The van der Waals surface area contributed by atoms with Gasteiger partial charge in [0.2, 0.25) is 0 Å². The topological polar surface area (TPSA) is 84.5 Å². The highest BCUT2D eigenvalue weighted by Gasteiger charge is 2.31. The van der Waals surface area contributed by atoms with E-state index in [1.165, 1.54) is 11.8 Å². The molecule has 0 bridgehead atoms. The van der Waals surface area contributed by atoms with E-state index in [1.54, 1.807) is 18.2 Å². The number of hydrogen-bond donors (Lipinski definition) is 2. The summed E-state index contributed by atoms with van der Waals surface area (Å²) in [6.07, 6.45) is -3.78. The second-order valence-corrected chi connectivity index (χ2v) is 9.33. The van der Waals surface area contributed by atoms with E-state index in [9.17, 15) is 21.6 Å². The lowest BCUT2D eigenvalue weighted by Crippen LogP contribution is -2.28. The number of alkyl halides is 3. The summed E-state index contributed by atoms with van der Waals surface area (Å²) in [4.78, 5) is 4.23. The molecule has 150 valence electrons. The van der Waals surface area contributed by atoms with E-state index in [2.05, 4.69) is 9.71 Å². The second-order valence-electron chi connectivity index (χ2n) is 6.53. The number of benzene rings is 2. The highest BCUT2D eigenvalue weighted by atomic mass is 32.2. The quantitative estimate of drug-likeness (QED) is 0.764. The zero-order valence-corrected chi connectivity index (χ0v) is 16.5. The van der Waals surface area contributed by atoms with Crippen LogP contribution < -0.4 is 10.5 Å². The lowest BCUT2D eigenvalue weighted by molar-refractivity contribution is -0.137. The van der Waals surface area contributed by atoms with Gasteiger partial charge in [0, 0.05) is 11.4 Å². The number of thioether (sulfide) groups is 1. The number of rotatable bonds is 4. The predicted molar refractivity (Wildman–Crippen MR) is 105 cm³/mol. The Labute approximate surface area is 165 Å². The molecule has 2 aromatic carbocycles. The monoisotopic (exact) mass is 429 g/mol. The molecular formula is C18H18F3N3O2S2. The largest absolute Gasteiger partial charge is 0.416 e. The van der Waals surface area contributed by atoms with E-state index in [-0.39, 0.29) is 4.90 Å². The molecule has 0 amide bonds. The third-order valence-corrected chi connectivity index (χ3v) is 6.62. The van der Waals surface area contributed by atoms with Crippen molar-refractivity contribution in [2.24, 2.45) is 10.7 Å². The Kier molecular flexibility index (Phi) is 5.37. The Hall–Kier alpha value is -2.20. The van der Waals surface area contributed by atoms with E-state index in [0.717, 1.165) is 42.0 Å². The highest BCUT2D eigenvalue weighted by molar-refractivity contribution is 8.13. The molecule has 0 radical (unpaired) electrons. The van der Waals surface area contributed by atoms with Gasteiger partial charge in [0.1, 0.15) is 0 Å². The third-order valence-electron chi connectivity index (χ3n) is 4.42. The fraction of sp³-hybridized carbons (Fsp3) is 0.278. The first-order valence-electron chi connectivity index (χ1n) is 8.28. The Balaban J connectivity index is 1.86. The first kappa shape index (κ1) is 20.5. The molecule has 0 aliphatic carbocycles. The number of anilines is 1. The van der Waals surface area contributed by atoms with Crippen molar-refractivity contribution in [2.45, 2.75) is 30.0 Å². The summed E-state index contributed by atoms with van der Waals surface area (Å²) >= 11 is 1.47. The molecular weight excluding hydrogens is 411 g/mol. The molecule has 0 fully saturated rings. The smallest absolute Gasteiger partial charge is 0.379 e. The maximum Gasteiger partial charge on any atom is 0.416 e. The summed E-state index contributed by atoms with van der Waals surface area (Å²) in [5.41, 5.74) is 5.44. The van der Waals surface area contributed by atoms with Gasteiger partial charge in [-0.2, -0.15) is 13.2 Å². The molecule has 3 N–H and O–H groups in total. The van der Waals surface area contributed by atoms with E-state index in [4.69, 9.17) is 5.73 Å². The van der Waals surface area contributed by atoms with Gasteiger partial charge in [-0.15, -0.1) is 0 Å². The summed E-state index contributed by atoms with van der Waals surface area (Å²) < 4.78 is 65.5. The van der Waals surface area contributed by atoms with Crippen molar-refractivity contribution >= 4 is 32.6 Å². The molecule has 0 aromatic heterocycles. The SMILES string of the molecule is CC1(c2cccc(NS(=O)(=O)c3ccc(C(F)(F)F)cc3)c2)CCSC(N)=N1. The van der Waals surface area contributed by atoms with Crippen LogP contribution >= 0.6 is 11.8 Å². The molecule has 5 nitrogen and oxygen atoms in total. The van der Waals surface area contributed by atoms with Crippen LogP contribution in [-0.2, 0) is 21.7 Å². The summed E-state index contributed by atoms with van der Waals surface area (Å²) in [6.45, 7) is 1.92. The van der Waals surface area contributed by atoms with Gasteiger partial charge < -0.3 is 5.73 Å². The molecule has 1 atom stereocenters. The predicted octanol–water partition coefficient (Wildman–Crippen LogP) is 4.17. The average molecular weight is 429 g/mol. The zero-order valence-electron chi connectivity index (χ0n) is 14.8. The van der Waals surface area contributed by atoms with Gasteiger partial charge in [-0.3, -0.25) is 9.71 Å². The van der Waals surface area contributed by atoms with Gasteiger partial charge in [0.05, 0.1) is 16.0 Å². The zero-order chi connectivity index (χ0) is 20.6. The van der Waals surface area contributed by atoms with Crippen LogP contribution in [0.1, 0.15) is 24.5 Å². The first-order chi connectivity index (χ1) is 13.0. The Bertz CT molecular complexity index is 1010. The van der Waals surface area contributed by atoms with Gasteiger partial charge in [-0.1, -0.05) is 23.9 Å². The standard InChI is InChI=1S/C18H18F3N3O2S2/c1-17(9-10-27-16(22)23-17)13-3-2-4-14(11-13)24-28(25,26)15-7-5-12(6-8-15)18(19,20)21/h2-8,11,24H,9-10H2,1H3,(H2,22,23). The number of hydrogen-bond acceptors (Lipinski definition) is 5. The Morgan fingerprint density at radius 3 is 2.46 bits per heavy atom. The molecule has 0 spiro atoms. The van der Waals surface area contributed by atoms with Crippen LogP contribution in [0.25, 0.3) is 0 Å². The molecule has 10 heteroatoms. The van der Waals surface area contributed by atoms with Crippen molar-refractivity contribution in [2.75, 3.05) is 10.5 Å². The molecule has 1 heterocycles. The number of halogens is 3. The maximum absolute atomic E-state index is 12.7. The Morgan fingerprint density at radius 2 is 1.86 bits per heavy atom. The number of sulfonamides is 1. The lowest BCUT2D eigenvalue weighted by Gasteiger charge is -2.30. The fourth-order valence-corrected chi connectivity index (χ4v) is 4.87. The molecule has 28 heavy (non-hydrogen) atoms. The normalized spacial score (nSPS) is 20.5. The number of nitrogens with one attached hydrogen (secondary N) is 1. The van der Waals surface area contributed by atoms with Crippen LogP contribution in [0, 0.1) is 0 Å². The van der Waals surface area contributed by atoms with Gasteiger partial charge in [0.25, 0.3) is 10.0 Å². The van der Waals surface area contributed by atoms with Gasteiger partial charge in [0.15, 0.2) is 5.17 Å². The van der Waals surface area contributed by atoms with Crippen molar-refractivity contribution in [1.82, 2.24) is 0 Å². The average Bonchev–Trinajstić information content (AvgIpc) is 2.61. The van der Waals surface area contributed by atoms with Crippen molar-refractivity contribution in [3.63, 3.8) is 0 Å². The molecule has 3 rings (SSSR count). The van der Waals surface area contributed by atoms with Crippen LogP contribution in [0.2, 0.25) is 0 Å². The van der Waals surface area contributed by atoms with Crippen molar-refractivity contribution < 1.29 is 21.6 Å². The Morgan fingerprint density at radius 1 is 1.18 bits per heavy atom. The summed E-state index contributed by atoms with van der Waals surface area (Å²) in [6, 6.07) is 10.1. The molecule has 1 unspecified atom stereocenters. The van der Waals surface area contributed by atoms with E-state index in [0.29, 0.717) is 10.9 Å². The molecule has 1 aliphatic heterocycles. The van der Waals surface area contributed by atoms with Crippen LogP contribution in [0.3, 0.4) is 0 Å². The third kappa shape index (κ3) is 4.44. The van der Waals surface area contributed by atoms with Gasteiger partial charge in [-0.05, 0) is 55.3 Å². The van der Waals surface area contributed by atoms with E-state index < -0.39 is 27.3 Å². The first-order valence-corrected chi connectivity index (χ1v) is 10.8. The van der Waals surface area contributed by atoms with Crippen molar-refractivity contribution in [3.8, 4) is 0 Å². The number of nitrogens with zero attached hydrogens (tertiary/aromatic N) is 1. The van der Waals surface area contributed by atoms with Crippen LogP contribution in [0.5, 0.6) is 0 Å². The maximum atomic E-state index is 12.7. The van der Waals surface area contributed by atoms with Gasteiger partial charge >= 0.3 is 6.18 Å². The number of nitrogens with two attached hydrogens (primary N) is 1. The number of aliphatic imine (C=N–C) groups is 1. The van der Waals surface area contributed by atoms with Crippen LogP contribution in [0.15, 0.2) is 58.4 Å². The molecule has 0 saturated heterocycles. The highest BCUT2D eigenvalue weighted by Crippen LogP contribution is 2.36. The summed E-state index contributed by atoms with van der Waals surface area (Å²) in [5, 5.41) is 0.476. The minimum absolute atomic E-state index is 0.256. The minimum Gasteiger partial charge on any atom is -0.379 e. The molecule has 1 aliphatic rings. The van der Waals surface area contributed by atoms with Gasteiger partial charge in [-0.25, -0.2) is 8.42 Å².